The van der Waals surface area contributed by atoms with E-state index in [4.69, 9.17) is 9.84 Å². The molecule has 1 aromatic carbocycles. The molecule has 0 bridgehead atoms. The number of benzene rings is 1. The van der Waals surface area contributed by atoms with Gasteiger partial charge in [0.1, 0.15) is 0 Å². The quantitative estimate of drug-likeness (QED) is 0.907. The van der Waals surface area contributed by atoms with Gasteiger partial charge in [0.05, 0.1) is 7.11 Å². The number of methoxy groups -OCH3 is 1. The molecule has 1 aliphatic rings. The first-order valence-corrected chi connectivity index (χ1v) is 7.36. The smallest absolute Gasteiger partial charge is 0.303 e. The molecule has 0 aliphatic carbocycles. The van der Waals surface area contributed by atoms with Gasteiger partial charge in [0.25, 0.3) is 5.91 Å². The lowest BCUT2D eigenvalue weighted by molar-refractivity contribution is -0.137. The predicted molar refractivity (Wildman–Crippen MR) is 78.4 cm³/mol. The van der Waals surface area contributed by atoms with Crippen molar-refractivity contribution in [2.45, 2.75) is 25.7 Å². The summed E-state index contributed by atoms with van der Waals surface area (Å²) in [5.74, 6) is -1.30. The van der Waals surface area contributed by atoms with E-state index in [1.807, 2.05) is 0 Å². The third-order valence-corrected chi connectivity index (χ3v) is 3.97. The fraction of sp³-hybridized carbons (Fsp3) is 0.500. The summed E-state index contributed by atoms with van der Waals surface area (Å²) >= 11 is 0. The Morgan fingerprint density at radius 1 is 1.45 bits per heavy atom. The van der Waals surface area contributed by atoms with E-state index >= 15 is 0 Å². The largest absolute Gasteiger partial charge is 0.494 e. The third kappa shape index (κ3) is 3.96. The number of nitrogens with zero attached hydrogens (tertiary/aromatic N) is 1. The van der Waals surface area contributed by atoms with Crippen LogP contribution in [0.5, 0.6) is 5.75 Å². The Hall–Kier alpha value is -2.11. The number of ether oxygens (including phenoxy) is 1. The lowest BCUT2D eigenvalue weighted by atomic mass is 9.93. The fourth-order valence-corrected chi connectivity index (χ4v) is 2.79. The van der Waals surface area contributed by atoms with Gasteiger partial charge in [0.15, 0.2) is 11.6 Å². The number of carbonyl (C=O) groups is 2. The number of carboxylic acid groups (broad SMARTS) is 1. The molecule has 1 aliphatic heterocycles. The van der Waals surface area contributed by atoms with Gasteiger partial charge < -0.3 is 14.7 Å². The second kappa shape index (κ2) is 7.24. The van der Waals surface area contributed by atoms with Gasteiger partial charge in [-0.25, -0.2) is 4.39 Å². The maximum Gasteiger partial charge on any atom is 0.303 e. The van der Waals surface area contributed by atoms with Crippen molar-refractivity contribution in [1.82, 2.24) is 4.90 Å². The van der Waals surface area contributed by atoms with E-state index in [0.717, 1.165) is 12.8 Å². The van der Waals surface area contributed by atoms with Crippen LogP contribution in [0, 0.1) is 11.7 Å². The van der Waals surface area contributed by atoms with Gasteiger partial charge >= 0.3 is 5.97 Å². The van der Waals surface area contributed by atoms with Crippen LogP contribution in [-0.2, 0) is 4.79 Å². The van der Waals surface area contributed by atoms with E-state index in [-0.39, 0.29) is 29.6 Å². The van der Waals surface area contributed by atoms with Crippen LogP contribution in [0.1, 0.15) is 36.0 Å². The number of carbonyl (C=O) groups excluding carboxylic acids is 1. The summed E-state index contributed by atoms with van der Waals surface area (Å²) in [7, 11) is 1.37. The molecular weight excluding hydrogens is 289 g/mol. The van der Waals surface area contributed by atoms with E-state index in [1.165, 1.54) is 19.2 Å². The minimum absolute atomic E-state index is 0.106. The predicted octanol–water partition coefficient (Wildman–Crippen LogP) is 2.55. The van der Waals surface area contributed by atoms with Gasteiger partial charge in [0, 0.05) is 25.1 Å². The second-order valence-electron chi connectivity index (χ2n) is 5.54. The highest BCUT2D eigenvalue weighted by Crippen LogP contribution is 2.24. The van der Waals surface area contributed by atoms with E-state index in [2.05, 4.69) is 0 Å². The molecule has 1 atom stereocenters. The minimum atomic E-state index is -0.819. The Morgan fingerprint density at radius 3 is 2.86 bits per heavy atom. The number of halogens is 1. The van der Waals surface area contributed by atoms with Crippen molar-refractivity contribution in [1.29, 1.82) is 0 Å². The molecule has 0 saturated carbocycles. The summed E-state index contributed by atoms with van der Waals surface area (Å²) < 4.78 is 18.5. The first-order chi connectivity index (χ1) is 10.5. The maximum absolute atomic E-state index is 13.7. The monoisotopic (exact) mass is 309 g/mol. The van der Waals surface area contributed by atoms with Gasteiger partial charge in [0.2, 0.25) is 0 Å². The van der Waals surface area contributed by atoms with E-state index in [1.54, 1.807) is 11.0 Å². The highest BCUT2D eigenvalue weighted by Gasteiger charge is 2.25. The molecular formula is C16H20FNO4. The SMILES string of the molecule is COc1ccc(C(=O)N2CCCC(CCC(=O)O)C2)cc1F. The van der Waals surface area contributed by atoms with Gasteiger partial charge in [-0.05, 0) is 43.4 Å². The molecule has 1 amide bonds. The first-order valence-electron chi connectivity index (χ1n) is 7.36. The fourth-order valence-electron chi connectivity index (χ4n) is 2.79. The first kappa shape index (κ1) is 16.3. The van der Waals surface area contributed by atoms with Crippen LogP contribution in [0.25, 0.3) is 0 Å². The van der Waals surface area contributed by atoms with Crippen molar-refractivity contribution in [3.63, 3.8) is 0 Å². The van der Waals surface area contributed by atoms with Crippen molar-refractivity contribution < 1.29 is 23.8 Å². The van der Waals surface area contributed by atoms with Gasteiger partial charge in [-0.1, -0.05) is 0 Å². The molecule has 5 nitrogen and oxygen atoms in total. The minimum Gasteiger partial charge on any atom is -0.494 e. The lowest BCUT2D eigenvalue weighted by Crippen LogP contribution is -2.40. The summed E-state index contributed by atoms with van der Waals surface area (Å²) in [5.41, 5.74) is 0.289. The molecule has 1 aromatic rings. The van der Waals surface area contributed by atoms with Crippen molar-refractivity contribution in [3.8, 4) is 5.75 Å². The zero-order valence-electron chi connectivity index (χ0n) is 12.5. The molecule has 1 saturated heterocycles. The molecule has 1 fully saturated rings. The molecule has 6 heteroatoms. The molecule has 1 N–H and O–H groups in total. The highest BCUT2D eigenvalue weighted by molar-refractivity contribution is 5.94. The van der Waals surface area contributed by atoms with Gasteiger partial charge in [-0.15, -0.1) is 0 Å². The summed E-state index contributed by atoms with van der Waals surface area (Å²) in [6.45, 7) is 1.15. The summed E-state index contributed by atoms with van der Waals surface area (Å²) in [5, 5.41) is 8.74. The zero-order valence-corrected chi connectivity index (χ0v) is 12.5. The molecule has 120 valence electrons. The molecule has 1 heterocycles. The number of carboxylic acids is 1. The summed E-state index contributed by atoms with van der Waals surface area (Å²) in [4.78, 5) is 24.8. The van der Waals surface area contributed by atoms with Gasteiger partial charge in [-0.2, -0.15) is 0 Å². The Labute approximate surface area is 128 Å². The normalized spacial score (nSPS) is 18.1. The van der Waals surface area contributed by atoms with Crippen molar-refractivity contribution in [2.24, 2.45) is 5.92 Å². The molecule has 22 heavy (non-hydrogen) atoms. The Kier molecular flexibility index (Phi) is 5.35. The number of rotatable bonds is 5. The molecule has 1 unspecified atom stereocenters. The number of hydrogen-bond acceptors (Lipinski definition) is 3. The lowest BCUT2D eigenvalue weighted by Gasteiger charge is -2.32. The number of piperidine rings is 1. The average molecular weight is 309 g/mol. The van der Waals surface area contributed by atoms with E-state index in [0.29, 0.717) is 19.5 Å². The Bertz CT molecular complexity index is 561. The standard InChI is InChI=1S/C16H20FNO4/c1-22-14-6-5-12(9-13(14)17)16(21)18-8-2-3-11(10-18)4-7-15(19)20/h5-6,9,11H,2-4,7-8,10H2,1H3,(H,19,20). The number of aliphatic carboxylic acids is 1. The van der Waals surface area contributed by atoms with Crippen molar-refractivity contribution in [2.75, 3.05) is 20.2 Å². The summed E-state index contributed by atoms with van der Waals surface area (Å²) in [6, 6.07) is 4.17. The molecule has 0 radical (unpaired) electrons. The number of amides is 1. The number of likely N-dealkylation sites (tertiary alicyclic amines) is 1. The average Bonchev–Trinajstić information content (AvgIpc) is 2.52. The molecule has 2 rings (SSSR count). The third-order valence-electron chi connectivity index (χ3n) is 3.97. The maximum atomic E-state index is 13.7. The van der Waals surface area contributed by atoms with Crippen LogP contribution < -0.4 is 4.74 Å². The molecule has 0 aromatic heterocycles. The summed E-state index contributed by atoms with van der Waals surface area (Å²) in [6.07, 6.45) is 2.45. The van der Waals surface area contributed by atoms with Crippen molar-refractivity contribution >= 4 is 11.9 Å². The van der Waals surface area contributed by atoms with Crippen LogP contribution in [0.3, 0.4) is 0 Å². The van der Waals surface area contributed by atoms with Crippen LogP contribution in [0.4, 0.5) is 4.39 Å². The zero-order chi connectivity index (χ0) is 16.1. The highest BCUT2D eigenvalue weighted by atomic mass is 19.1. The van der Waals surface area contributed by atoms with Crippen LogP contribution in [0.15, 0.2) is 18.2 Å². The Balaban J connectivity index is 2.02. The van der Waals surface area contributed by atoms with Crippen molar-refractivity contribution in [3.05, 3.63) is 29.6 Å². The topological polar surface area (TPSA) is 66.8 Å². The van der Waals surface area contributed by atoms with E-state index in [9.17, 15) is 14.0 Å². The molecule has 0 spiro atoms. The van der Waals surface area contributed by atoms with Gasteiger partial charge in [-0.3, -0.25) is 9.59 Å². The second-order valence-corrected chi connectivity index (χ2v) is 5.54. The van der Waals surface area contributed by atoms with Crippen LogP contribution >= 0.6 is 0 Å². The van der Waals surface area contributed by atoms with Crippen LogP contribution in [-0.4, -0.2) is 42.1 Å². The van der Waals surface area contributed by atoms with Crippen LogP contribution in [0.2, 0.25) is 0 Å². The number of hydrogen-bond donors (Lipinski definition) is 1. The Morgan fingerprint density at radius 2 is 2.23 bits per heavy atom. The van der Waals surface area contributed by atoms with E-state index < -0.39 is 11.8 Å².